The number of fused-ring (bicyclic) bond motifs is 2. The molecule has 0 bridgehead atoms. The number of anilines is 1. The Morgan fingerprint density at radius 1 is 0.947 bits per heavy atom. The second-order valence-electron chi connectivity index (χ2n) is 11.1. The van der Waals surface area contributed by atoms with E-state index in [1.165, 1.54) is 44.4 Å². The number of rotatable bonds is 5. The molecule has 7 rings (SSSR count). The molecule has 3 saturated heterocycles. The highest BCUT2D eigenvalue weighted by molar-refractivity contribution is 5.94. The lowest BCUT2D eigenvalue weighted by Gasteiger charge is -2.42. The zero-order valence-corrected chi connectivity index (χ0v) is 22.3. The minimum Gasteiger partial charge on any atom is -0.378 e. The zero-order chi connectivity index (χ0) is 25.5. The number of aromatic nitrogens is 4. The van der Waals surface area contributed by atoms with Crippen LogP contribution in [0.1, 0.15) is 18.5 Å². The number of likely N-dealkylation sites (N-methyl/N-ethyl adjacent to an activating group) is 1. The van der Waals surface area contributed by atoms with Gasteiger partial charge in [0.25, 0.3) is 0 Å². The molecule has 0 unspecified atom stereocenters. The number of piperazine rings is 1. The third-order valence-corrected chi connectivity index (χ3v) is 8.66. The first-order chi connectivity index (χ1) is 18.7. The Bertz CT molecular complexity index is 1390. The van der Waals surface area contributed by atoms with Gasteiger partial charge in [-0.25, -0.2) is 4.98 Å². The summed E-state index contributed by atoms with van der Waals surface area (Å²) in [5, 5.41) is 6.29. The monoisotopic (exact) mass is 514 g/mol. The minimum absolute atomic E-state index is 0.731. The van der Waals surface area contributed by atoms with Crippen molar-refractivity contribution in [2.24, 2.45) is 0 Å². The summed E-state index contributed by atoms with van der Waals surface area (Å²) in [7, 11) is 2.23. The number of hydrogen-bond acceptors (Lipinski definition) is 7. The summed E-state index contributed by atoms with van der Waals surface area (Å²) in [6.45, 7) is 11.2. The van der Waals surface area contributed by atoms with E-state index in [0.29, 0.717) is 0 Å². The second kappa shape index (κ2) is 10.3. The van der Waals surface area contributed by atoms with Crippen LogP contribution in [-0.4, -0.2) is 113 Å². The molecule has 0 amide bonds. The number of H-pyrrole nitrogens is 1. The summed E-state index contributed by atoms with van der Waals surface area (Å²) >= 11 is 0. The van der Waals surface area contributed by atoms with Crippen LogP contribution >= 0.6 is 0 Å². The molecule has 0 saturated carbocycles. The molecule has 6 heterocycles. The number of hydrogen-bond donors (Lipinski definition) is 1. The molecule has 1 N–H and O–H groups in total. The van der Waals surface area contributed by atoms with Crippen molar-refractivity contribution in [2.45, 2.75) is 25.4 Å². The van der Waals surface area contributed by atoms with Crippen molar-refractivity contribution in [3.63, 3.8) is 0 Å². The number of likely N-dealkylation sites (tertiary alicyclic amines) is 1. The lowest BCUT2D eigenvalue weighted by atomic mass is 10.0. The Morgan fingerprint density at radius 2 is 1.76 bits per heavy atom. The van der Waals surface area contributed by atoms with Gasteiger partial charge in [-0.05, 0) is 32.0 Å². The third-order valence-electron chi connectivity index (χ3n) is 8.66. The van der Waals surface area contributed by atoms with Gasteiger partial charge in [0.2, 0.25) is 0 Å². The molecular weight excluding hydrogens is 476 g/mol. The standard InChI is InChI=1S/C29H38N8O/c1-33-11-13-35(14-12-33)23-6-9-34(10-7-23)21-22-19-28-31-27(24-3-2-4-26-25(24)5-8-30-26)20-29(37(28)32-22)36-15-17-38-18-16-36/h2-5,8,19-20,23,30H,6-7,9-18,21H2,1H3. The van der Waals surface area contributed by atoms with E-state index in [1.807, 2.05) is 6.20 Å². The molecule has 38 heavy (non-hydrogen) atoms. The predicted molar refractivity (Wildman–Crippen MR) is 151 cm³/mol. The van der Waals surface area contributed by atoms with Gasteiger partial charge >= 0.3 is 0 Å². The first-order valence-corrected chi connectivity index (χ1v) is 14.1. The van der Waals surface area contributed by atoms with Gasteiger partial charge in [-0.2, -0.15) is 9.61 Å². The number of benzene rings is 1. The smallest absolute Gasteiger partial charge is 0.158 e. The Morgan fingerprint density at radius 3 is 2.58 bits per heavy atom. The van der Waals surface area contributed by atoms with Gasteiger partial charge in [0, 0.05) is 99.7 Å². The van der Waals surface area contributed by atoms with Gasteiger partial charge in [-0.3, -0.25) is 9.80 Å². The van der Waals surface area contributed by atoms with Gasteiger partial charge in [-0.15, -0.1) is 0 Å². The highest BCUT2D eigenvalue weighted by Crippen LogP contribution is 2.31. The molecule has 0 spiro atoms. The van der Waals surface area contributed by atoms with Crippen molar-refractivity contribution in [1.29, 1.82) is 0 Å². The van der Waals surface area contributed by atoms with Crippen LogP contribution in [0.5, 0.6) is 0 Å². The van der Waals surface area contributed by atoms with Crippen molar-refractivity contribution in [3.8, 4) is 11.3 Å². The molecule has 0 aliphatic carbocycles. The maximum absolute atomic E-state index is 5.66. The lowest BCUT2D eigenvalue weighted by Crippen LogP contribution is -2.52. The highest BCUT2D eigenvalue weighted by Gasteiger charge is 2.27. The van der Waals surface area contributed by atoms with Crippen molar-refractivity contribution in [3.05, 3.63) is 48.3 Å². The summed E-state index contributed by atoms with van der Waals surface area (Å²) in [5.74, 6) is 1.10. The van der Waals surface area contributed by atoms with Crippen LogP contribution in [-0.2, 0) is 11.3 Å². The van der Waals surface area contributed by atoms with Crippen LogP contribution < -0.4 is 4.90 Å². The van der Waals surface area contributed by atoms with Crippen LogP contribution in [0.25, 0.3) is 27.8 Å². The molecule has 9 nitrogen and oxygen atoms in total. The van der Waals surface area contributed by atoms with E-state index in [1.54, 1.807) is 0 Å². The maximum Gasteiger partial charge on any atom is 0.158 e. The molecule has 200 valence electrons. The molecular formula is C29H38N8O. The van der Waals surface area contributed by atoms with Crippen molar-refractivity contribution < 1.29 is 4.74 Å². The molecule has 3 fully saturated rings. The minimum atomic E-state index is 0.731. The van der Waals surface area contributed by atoms with Crippen LogP contribution in [0.2, 0.25) is 0 Å². The number of piperidine rings is 1. The van der Waals surface area contributed by atoms with Crippen LogP contribution in [0.15, 0.2) is 42.6 Å². The van der Waals surface area contributed by atoms with Gasteiger partial charge in [0.15, 0.2) is 5.65 Å². The Labute approximate surface area is 224 Å². The van der Waals surface area contributed by atoms with E-state index < -0.39 is 0 Å². The molecule has 1 aromatic carbocycles. The predicted octanol–water partition coefficient (Wildman–Crippen LogP) is 2.93. The average Bonchev–Trinajstić information content (AvgIpc) is 3.60. The first-order valence-electron chi connectivity index (χ1n) is 14.1. The number of aromatic amines is 1. The molecule has 3 aliphatic rings. The fourth-order valence-electron chi connectivity index (χ4n) is 6.41. The third kappa shape index (κ3) is 4.68. The Balaban J connectivity index is 1.15. The Hall–Kier alpha value is -2.98. The molecule has 4 aromatic rings. The fourth-order valence-corrected chi connectivity index (χ4v) is 6.41. The van der Waals surface area contributed by atoms with Crippen molar-refractivity contribution >= 4 is 22.4 Å². The molecule has 3 aliphatic heterocycles. The normalized spacial score (nSPS) is 21.1. The van der Waals surface area contributed by atoms with E-state index in [-0.39, 0.29) is 0 Å². The summed E-state index contributed by atoms with van der Waals surface area (Å²) in [5.41, 5.74) is 5.28. The van der Waals surface area contributed by atoms with Crippen molar-refractivity contribution in [2.75, 3.05) is 77.5 Å². The summed E-state index contributed by atoms with van der Waals surface area (Å²) in [6.07, 6.45) is 4.50. The SMILES string of the molecule is CN1CCN(C2CCN(Cc3cc4nc(-c5cccc6[nH]ccc56)cc(N5CCOCC5)n4n3)CC2)CC1. The molecule has 3 aromatic heterocycles. The summed E-state index contributed by atoms with van der Waals surface area (Å²) in [4.78, 5) is 18.6. The topological polar surface area (TPSA) is 68.2 Å². The quantitative estimate of drug-likeness (QED) is 0.439. The molecule has 0 radical (unpaired) electrons. The van der Waals surface area contributed by atoms with Crippen LogP contribution in [0.4, 0.5) is 5.82 Å². The van der Waals surface area contributed by atoms with E-state index in [4.69, 9.17) is 14.8 Å². The number of morpholine rings is 1. The summed E-state index contributed by atoms with van der Waals surface area (Å²) in [6, 6.07) is 13.6. The van der Waals surface area contributed by atoms with E-state index >= 15 is 0 Å². The number of ether oxygens (including phenoxy) is 1. The number of nitrogens with one attached hydrogen (secondary N) is 1. The largest absolute Gasteiger partial charge is 0.378 e. The van der Waals surface area contributed by atoms with E-state index in [2.05, 4.69) is 72.5 Å². The van der Waals surface area contributed by atoms with Gasteiger partial charge in [-0.1, -0.05) is 12.1 Å². The number of nitrogens with zero attached hydrogens (tertiary/aromatic N) is 7. The molecule has 0 atom stereocenters. The highest BCUT2D eigenvalue weighted by atomic mass is 16.5. The van der Waals surface area contributed by atoms with Crippen molar-refractivity contribution in [1.82, 2.24) is 34.3 Å². The van der Waals surface area contributed by atoms with Crippen LogP contribution in [0, 0.1) is 0 Å². The molecule has 9 heteroatoms. The van der Waals surface area contributed by atoms with Gasteiger partial charge < -0.3 is 19.5 Å². The summed E-state index contributed by atoms with van der Waals surface area (Å²) < 4.78 is 7.71. The van der Waals surface area contributed by atoms with Gasteiger partial charge in [0.1, 0.15) is 5.82 Å². The zero-order valence-electron chi connectivity index (χ0n) is 22.3. The second-order valence-corrected chi connectivity index (χ2v) is 11.1. The van der Waals surface area contributed by atoms with E-state index in [9.17, 15) is 0 Å². The van der Waals surface area contributed by atoms with E-state index in [0.717, 1.165) is 85.9 Å². The van der Waals surface area contributed by atoms with Crippen LogP contribution in [0.3, 0.4) is 0 Å². The first kappa shape index (κ1) is 24.1. The van der Waals surface area contributed by atoms with Gasteiger partial charge in [0.05, 0.1) is 24.6 Å². The maximum atomic E-state index is 5.66. The lowest BCUT2D eigenvalue weighted by molar-refractivity contribution is 0.0654. The Kier molecular flexibility index (Phi) is 6.53. The fraction of sp³-hybridized carbons (Fsp3) is 0.517. The average molecular weight is 515 g/mol.